The molecule has 0 fully saturated rings. The van der Waals surface area contributed by atoms with E-state index in [1.807, 2.05) is 17.4 Å². The Kier molecular flexibility index (Phi) is 3.47. The number of tetrazole rings is 1. The molecule has 0 bridgehead atoms. The zero-order valence-electron chi connectivity index (χ0n) is 11.4. The van der Waals surface area contributed by atoms with Gasteiger partial charge in [0, 0.05) is 22.0 Å². The number of benzene rings is 1. The monoisotopic (exact) mass is 285 g/mol. The fraction of sp³-hybridized carbons (Fsp3) is 0.214. The molecular weight excluding hydrogens is 270 g/mol. The minimum absolute atomic E-state index is 0.832. The lowest BCUT2D eigenvalue weighted by molar-refractivity contribution is 0.789. The first-order valence-corrected chi connectivity index (χ1v) is 7.17. The van der Waals surface area contributed by atoms with E-state index in [0.717, 1.165) is 17.9 Å². The number of hydrogen-bond donors (Lipinski definition) is 1. The van der Waals surface area contributed by atoms with Crippen molar-refractivity contribution in [3.8, 4) is 5.69 Å². The van der Waals surface area contributed by atoms with E-state index < -0.39 is 0 Å². The molecule has 0 spiro atoms. The van der Waals surface area contributed by atoms with Gasteiger partial charge in [0.05, 0.1) is 5.69 Å². The topological polar surface area (TPSA) is 55.6 Å². The van der Waals surface area contributed by atoms with E-state index in [9.17, 15) is 0 Å². The minimum Gasteiger partial charge on any atom is -0.380 e. The van der Waals surface area contributed by atoms with Crippen molar-refractivity contribution in [2.45, 2.75) is 20.4 Å². The Labute approximate surface area is 121 Å². The maximum absolute atomic E-state index is 3.91. The molecule has 5 nitrogen and oxygen atoms in total. The molecule has 0 aliphatic rings. The van der Waals surface area contributed by atoms with E-state index in [1.165, 1.54) is 15.3 Å². The van der Waals surface area contributed by atoms with Crippen molar-refractivity contribution in [1.82, 2.24) is 20.2 Å². The summed E-state index contributed by atoms with van der Waals surface area (Å²) in [5, 5.41) is 14.7. The predicted molar refractivity (Wildman–Crippen MR) is 80.3 cm³/mol. The third kappa shape index (κ3) is 2.70. The average Bonchev–Trinajstić information content (AvgIpc) is 3.09. The smallest absolute Gasteiger partial charge is 0.143 e. The first-order chi connectivity index (χ1) is 9.72. The predicted octanol–water partition coefficient (Wildman–Crippen LogP) is 2.95. The number of hydrogen-bond acceptors (Lipinski definition) is 5. The maximum atomic E-state index is 3.91. The van der Waals surface area contributed by atoms with Gasteiger partial charge in [0.1, 0.15) is 6.33 Å². The lowest BCUT2D eigenvalue weighted by Crippen LogP contribution is -2.02. The third-order valence-electron chi connectivity index (χ3n) is 3.08. The lowest BCUT2D eigenvalue weighted by atomic mass is 10.2. The standard InChI is InChI=1S/C14H15N5S/c1-10-3-5-12(19-9-16-17-18-19)7-14(10)15-8-13-6-4-11(2)20-13/h3-7,9,15H,8H2,1-2H3. The molecule has 0 atom stereocenters. The van der Waals surface area contributed by atoms with Gasteiger partial charge in [0.2, 0.25) is 0 Å². The first-order valence-electron chi connectivity index (χ1n) is 6.35. The van der Waals surface area contributed by atoms with Gasteiger partial charge >= 0.3 is 0 Å². The largest absolute Gasteiger partial charge is 0.380 e. The van der Waals surface area contributed by atoms with Crippen LogP contribution >= 0.6 is 11.3 Å². The molecule has 20 heavy (non-hydrogen) atoms. The van der Waals surface area contributed by atoms with Gasteiger partial charge in [-0.25, -0.2) is 4.68 Å². The number of anilines is 1. The van der Waals surface area contributed by atoms with Crippen LogP contribution in [0, 0.1) is 13.8 Å². The molecule has 3 rings (SSSR count). The van der Waals surface area contributed by atoms with E-state index in [4.69, 9.17) is 0 Å². The van der Waals surface area contributed by atoms with Gasteiger partial charge in [0.25, 0.3) is 0 Å². The van der Waals surface area contributed by atoms with Gasteiger partial charge in [-0.1, -0.05) is 6.07 Å². The molecule has 0 aliphatic heterocycles. The molecule has 6 heteroatoms. The van der Waals surface area contributed by atoms with Gasteiger partial charge in [-0.2, -0.15) is 0 Å². The van der Waals surface area contributed by atoms with Crippen LogP contribution in [-0.2, 0) is 6.54 Å². The lowest BCUT2D eigenvalue weighted by Gasteiger charge is -2.10. The van der Waals surface area contributed by atoms with E-state index in [0.29, 0.717) is 0 Å². The molecule has 2 aromatic heterocycles. The fourth-order valence-corrected chi connectivity index (χ4v) is 2.82. The SMILES string of the molecule is Cc1ccc(CNc2cc(-n3cnnn3)ccc2C)s1. The van der Waals surface area contributed by atoms with Gasteiger partial charge in [-0.15, -0.1) is 16.4 Å². The summed E-state index contributed by atoms with van der Waals surface area (Å²) in [7, 11) is 0. The van der Waals surface area contributed by atoms with E-state index in [-0.39, 0.29) is 0 Å². The Balaban J connectivity index is 1.80. The van der Waals surface area contributed by atoms with Gasteiger partial charge in [0.15, 0.2) is 0 Å². The quantitative estimate of drug-likeness (QED) is 0.800. The second-order valence-corrected chi connectivity index (χ2v) is 5.99. The molecule has 3 aromatic rings. The van der Waals surface area contributed by atoms with Crippen molar-refractivity contribution in [3.63, 3.8) is 0 Å². The number of aryl methyl sites for hydroxylation is 2. The number of nitrogens with zero attached hydrogens (tertiary/aromatic N) is 4. The molecule has 2 heterocycles. The molecule has 0 saturated heterocycles. The van der Waals surface area contributed by atoms with Crippen molar-refractivity contribution >= 4 is 17.0 Å². The molecule has 0 unspecified atom stereocenters. The van der Waals surface area contributed by atoms with E-state index in [1.54, 1.807) is 11.0 Å². The minimum atomic E-state index is 0.832. The number of rotatable bonds is 4. The van der Waals surface area contributed by atoms with E-state index in [2.05, 4.69) is 59.0 Å². The Hall–Kier alpha value is -2.21. The second kappa shape index (κ2) is 5.42. The summed E-state index contributed by atoms with van der Waals surface area (Å²) >= 11 is 1.81. The summed E-state index contributed by atoms with van der Waals surface area (Å²) < 4.78 is 1.65. The zero-order chi connectivity index (χ0) is 13.9. The fourth-order valence-electron chi connectivity index (χ4n) is 1.99. The highest BCUT2D eigenvalue weighted by atomic mass is 32.1. The summed E-state index contributed by atoms with van der Waals surface area (Å²) in [6, 6.07) is 10.4. The van der Waals surface area contributed by atoms with Crippen LogP contribution in [0.3, 0.4) is 0 Å². The highest BCUT2D eigenvalue weighted by Crippen LogP contribution is 2.21. The van der Waals surface area contributed by atoms with Crippen LogP contribution in [0.25, 0.3) is 5.69 Å². The molecular formula is C14H15N5S. The highest BCUT2D eigenvalue weighted by molar-refractivity contribution is 7.11. The highest BCUT2D eigenvalue weighted by Gasteiger charge is 2.04. The summed E-state index contributed by atoms with van der Waals surface area (Å²) in [5.41, 5.74) is 3.25. The van der Waals surface area contributed by atoms with Crippen LogP contribution in [0.2, 0.25) is 0 Å². The third-order valence-corrected chi connectivity index (χ3v) is 4.08. The van der Waals surface area contributed by atoms with Gasteiger partial charge in [-0.3, -0.25) is 0 Å². The number of aromatic nitrogens is 4. The molecule has 1 aromatic carbocycles. The van der Waals surface area contributed by atoms with Crippen molar-refractivity contribution < 1.29 is 0 Å². The summed E-state index contributed by atoms with van der Waals surface area (Å²) in [4.78, 5) is 2.66. The van der Waals surface area contributed by atoms with Crippen LogP contribution in [0.4, 0.5) is 5.69 Å². The van der Waals surface area contributed by atoms with E-state index >= 15 is 0 Å². The zero-order valence-corrected chi connectivity index (χ0v) is 12.2. The first kappa shape index (κ1) is 12.8. The Morgan fingerprint density at radius 3 is 2.80 bits per heavy atom. The maximum Gasteiger partial charge on any atom is 0.143 e. The Morgan fingerprint density at radius 2 is 2.10 bits per heavy atom. The van der Waals surface area contributed by atoms with Crippen molar-refractivity contribution in [2.24, 2.45) is 0 Å². The normalized spacial score (nSPS) is 10.7. The second-order valence-electron chi connectivity index (χ2n) is 4.62. The number of nitrogens with one attached hydrogen (secondary N) is 1. The Bertz CT molecular complexity index is 702. The van der Waals surface area contributed by atoms with Crippen LogP contribution in [0.5, 0.6) is 0 Å². The number of thiophene rings is 1. The molecule has 102 valence electrons. The molecule has 0 saturated carbocycles. The molecule has 0 aliphatic carbocycles. The van der Waals surface area contributed by atoms with Gasteiger partial charge < -0.3 is 5.32 Å². The summed E-state index contributed by atoms with van der Waals surface area (Å²) in [5.74, 6) is 0. The molecule has 0 amide bonds. The van der Waals surface area contributed by atoms with Crippen LogP contribution in [-0.4, -0.2) is 20.2 Å². The molecule has 1 N–H and O–H groups in total. The van der Waals surface area contributed by atoms with Crippen LogP contribution < -0.4 is 5.32 Å². The van der Waals surface area contributed by atoms with Crippen molar-refractivity contribution in [1.29, 1.82) is 0 Å². The summed E-state index contributed by atoms with van der Waals surface area (Å²) in [6.07, 6.45) is 1.59. The van der Waals surface area contributed by atoms with Crippen LogP contribution in [0.15, 0.2) is 36.7 Å². The Morgan fingerprint density at radius 1 is 1.20 bits per heavy atom. The molecule has 0 radical (unpaired) electrons. The van der Waals surface area contributed by atoms with Crippen molar-refractivity contribution in [2.75, 3.05) is 5.32 Å². The van der Waals surface area contributed by atoms with Crippen molar-refractivity contribution in [3.05, 3.63) is 52.0 Å². The van der Waals surface area contributed by atoms with Gasteiger partial charge in [-0.05, 0) is 54.1 Å². The average molecular weight is 285 g/mol. The van der Waals surface area contributed by atoms with Crippen LogP contribution in [0.1, 0.15) is 15.3 Å². The summed E-state index contributed by atoms with van der Waals surface area (Å²) in [6.45, 7) is 5.04.